The molecule has 0 unspecified atom stereocenters. The molecule has 2 aromatic carbocycles. The Labute approximate surface area is 254 Å². The van der Waals surface area contributed by atoms with Gasteiger partial charge in [-0.05, 0) is 24.0 Å². The van der Waals surface area contributed by atoms with Gasteiger partial charge in [0.25, 0.3) is 0 Å². The molecule has 2 aliphatic rings. The van der Waals surface area contributed by atoms with Gasteiger partial charge in [-0.25, -0.2) is 4.79 Å². The van der Waals surface area contributed by atoms with E-state index in [1.165, 1.54) is 11.8 Å². The van der Waals surface area contributed by atoms with Gasteiger partial charge in [-0.1, -0.05) is 67.1 Å². The molecule has 42 heavy (non-hydrogen) atoms. The van der Waals surface area contributed by atoms with Crippen LogP contribution < -0.4 is 21.3 Å². The molecular weight excluding hydrogens is 573 g/mol. The molecule has 2 fully saturated rings. The largest absolute Gasteiger partial charge is 0.504 e. The number of diazo groups is 1. The van der Waals surface area contributed by atoms with E-state index in [9.17, 15) is 19.5 Å². The highest BCUT2D eigenvalue weighted by molar-refractivity contribution is 8.00. The monoisotopic (exact) mass is 609 g/mol. The molecule has 0 radical (unpaired) electrons. The topological polar surface area (TPSA) is 148 Å². The maximum Gasteiger partial charge on any atom is 0.389 e. The van der Waals surface area contributed by atoms with Gasteiger partial charge < -0.3 is 26.4 Å². The lowest BCUT2D eigenvalue weighted by Gasteiger charge is -2.22. The third kappa shape index (κ3) is 9.42. The van der Waals surface area contributed by atoms with Gasteiger partial charge in [0.15, 0.2) is 4.98 Å². The Bertz CT molecular complexity index is 1270. The molecule has 12 heteroatoms. The highest BCUT2D eigenvalue weighted by Gasteiger charge is 2.42. The number of thioether (sulfide) groups is 2. The van der Waals surface area contributed by atoms with E-state index in [-0.39, 0.29) is 42.6 Å². The van der Waals surface area contributed by atoms with Crippen LogP contribution in [0.2, 0.25) is 0 Å². The summed E-state index contributed by atoms with van der Waals surface area (Å²) in [4.78, 5) is 40.9. The fraction of sp³-hybridized carbons (Fsp3) is 0.433. The number of benzene rings is 2. The van der Waals surface area contributed by atoms with Crippen molar-refractivity contribution in [1.29, 1.82) is 5.39 Å². The van der Waals surface area contributed by atoms with Crippen molar-refractivity contribution < 1.29 is 19.5 Å². The zero-order chi connectivity index (χ0) is 29.7. The van der Waals surface area contributed by atoms with Crippen LogP contribution in [0.5, 0.6) is 0 Å². The molecule has 2 saturated heterocycles. The van der Waals surface area contributed by atoms with Crippen molar-refractivity contribution in [1.82, 2.24) is 21.3 Å². The van der Waals surface area contributed by atoms with E-state index in [0.29, 0.717) is 23.2 Å². The summed E-state index contributed by atoms with van der Waals surface area (Å²) in [5.74, 6) is 0.962. The van der Waals surface area contributed by atoms with Gasteiger partial charge in [0.2, 0.25) is 23.0 Å². The van der Waals surface area contributed by atoms with Crippen LogP contribution in [-0.2, 0) is 21.8 Å². The first-order chi connectivity index (χ1) is 20.4. The van der Waals surface area contributed by atoms with Gasteiger partial charge in [-0.15, -0.1) is 0 Å². The van der Waals surface area contributed by atoms with Crippen molar-refractivity contribution in [3.8, 4) is 0 Å². The Morgan fingerprint density at radius 1 is 1.05 bits per heavy atom. The molecule has 0 aliphatic carbocycles. The van der Waals surface area contributed by atoms with Crippen molar-refractivity contribution in [3.63, 3.8) is 0 Å². The van der Waals surface area contributed by atoms with E-state index in [1.54, 1.807) is 0 Å². The molecule has 4 rings (SSSR count). The van der Waals surface area contributed by atoms with Crippen LogP contribution in [0, 0.1) is 5.39 Å². The highest BCUT2D eigenvalue weighted by atomic mass is 32.2. The first-order valence-electron chi connectivity index (χ1n) is 14.1. The van der Waals surface area contributed by atoms with Crippen LogP contribution >= 0.6 is 23.5 Å². The highest BCUT2D eigenvalue weighted by Crippen LogP contribution is 2.33. The van der Waals surface area contributed by atoms with Crippen molar-refractivity contribution in [2.75, 3.05) is 11.5 Å². The number of hydrogen-bond donors (Lipinski definition) is 5. The first kappa shape index (κ1) is 31.3. The number of unbranched alkanes of at least 4 members (excludes halogenated alkanes) is 1. The fourth-order valence-corrected chi connectivity index (χ4v) is 7.67. The lowest BCUT2D eigenvalue weighted by Crippen LogP contribution is -2.51. The zero-order valence-corrected chi connectivity index (χ0v) is 24.9. The van der Waals surface area contributed by atoms with Crippen molar-refractivity contribution in [2.45, 2.75) is 67.3 Å². The van der Waals surface area contributed by atoms with Gasteiger partial charge >= 0.3 is 12.2 Å². The van der Waals surface area contributed by atoms with Gasteiger partial charge in [-0.2, -0.15) is 23.5 Å². The fourth-order valence-electron chi connectivity index (χ4n) is 5.09. The second-order valence-corrected chi connectivity index (χ2v) is 12.7. The zero-order valence-electron chi connectivity index (χ0n) is 23.3. The number of fused-ring (bicyclic) bond motifs is 1. The molecule has 2 heterocycles. The number of amides is 4. The number of aliphatic hydroxyl groups is 1. The number of carbonyl (C=O) groups is 3. The van der Waals surface area contributed by atoms with Gasteiger partial charge in [-0.3, -0.25) is 9.59 Å². The SMILES string of the molecule is N#[N+]/C=C(\O)[C@@H](CSCc1ccccc1)NC(=O)[C@@H](Cc1ccccc1)NC(=O)CCCC[C@@H]1SC[C@@H]2NC(=O)N[C@@H]21. The summed E-state index contributed by atoms with van der Waals surface area (Å²) < 4.78 is 0. The average molecular weight is 610 g/mol. The van der Waals surface area contributed by atoms with Gasteiger partial charge in [0.05, 0.1) is 12.1 Å². The molecule has 0 aromatic heterocycles. The Kier molecular flexibility index (Phi) is 12.0. The third-order valence-corrected chi connectivity index (χ3v) is 9.89. The number of hydrogen-bond acceptors (Lipinski definition) is 7. The second-order valence-electron chi connectivity index (χ2n) is 10.4. The maximum absolute atomic E-state index is 13.5. The molecule has 5 N–H and O–H groups in total. The van der Waals surface area contributed by atoms with Gasteiger partial charge in [0.1, 0.15) is 12.1 Å². The summed E-state index contributed by atoms with van der Waals surface area (Å²) >= 11 is 3.36. The predicted octanol–water partition coefficient (Wildman–Crippen LogP) is 4.11. The number of urea groups is 1. The molecule has 5 atom stereocenters. The average Bonchev–Trinajstić information content (AvgIpc) is 3.54. The standard InChI is InChI=1S/C30H36N6O4S2/c31-32-16-25(37)23(18-41-17-21-11-5-2-6-12-21)34-29(39)22(15-20-9-3-1-4-10-20)33-27(38)14-8-7-13-26-28-24(19-42-26)35-30(40)36-28/h1-6,9-12,16,22-24,26,28H,7-8,13-15,17-19H2,(H4-,33,34,35,36,37,38,39,40)/p+1/b25-16-/t22-,23-,24+,26+,28+/m1/s1. The summed E-state index contributed by atoms with van der Waals surface area (Å²) in [5.41, 5.74) is 1.99. The van der Waals surface area contributed by atoms with Crippen molar-refractivity contribution >= 4 is 41.4 Å². The molecule has 2 aromatic rings. The molecule has 2 aliphatic heterocycles. The second kappa shape index (κ2) is 16.1. The number of rotatable bonds is 15. The van der Waals surface area contributed by atoms with Crippen LogP contribution in [0.4, 0.5) is 4.79 Å². The maximum atomic E-state index is 13.5. The smallest absolute Gasteiger partial charge is 0.389 e. The molecular formula is C30H37N6O4S2+. The van der Waals surface area contributed by atoms with Crippen LogP contribution in [0.1, 0.15) is 36.8 Å². The molecule has 4 amide bonds. The predicted molar refractivity (Wildman–Crippen MR) is 166 cm³/mol. The van der Waals surface area contributed by atoms with Gasteiger partial charge in [0, 0.05) is 35.4 Å². The molecule has 222 valence electrons. The number of nitrogens with zero attached hydrogens (tertiary/aromatic N) is 2. The minimum atomic E-state index is -0.855. The third-order valence-electron chi connectivity index (χ3n) is 7.27. The van der Waals surface area contributed by atoms with Crippen LogP contribution in [-0.4, -0.2) is 63.9 Å². The Morgan fingerprint density at radius 3 is 2.48 bits per heavy atom. The summed E-state index contributed by atoms with van der Waals surface area (Å²) in [5, 5.41) is 31.4. The van der Waals surface area contributed by atoms with E-state index in [0.717, 1.165) is 35.9 Å². The summed E-state index contributed by atoms with van der Waals surface area (Å²) in [6.45, 7) is 0. The summed E-state index contributed by atoms with van der Waals surface area (Å²) in [7, 11) is 0. The lowest BCUT2D eigenvalue weighted by atomic mass is 10.0. The minimum absolute atomic E-state index is 0.107. The van der Waals surface area contributed by atoms with Crippen LogP contribution in [0.15, 0.2) is 72.6 Å². The number of aliphatic hydroxyl groups excluding tert-OH is 1. The lowest BCUT2D eigenvalue weighted by molar-refractivity contribution is -0.129. The van der Waals surface area contributed by atoms with Crippen molar-refractivity contribution in [2.24, 2.45) is 0 Å². The number of nitrogens with one attached hydrogen (secondary N) is 4. The first-order valence-corrected chi connectivity index (χ1v) is 16.3. The van der Waals surface area contributed by atoms with Crippen LogP contribution in [0.3, 0.4) is 0 Å². The summed E-state index contributed by atoms with van der Waals surface area (Å²) in [6.07, 6.45) is 3.87. The molecule has 0 spiro atoms. The molecule has 10 nitrogen and oxygen atoms in total. The number of carbonyl (C=O) groups excluding carboxylic acids is 3. The molecule has 0 bridgehead atoms. The molecule has 0 saturated carbocycles. The van der Waals surface area contributed by atoms with E-state index < -0.39 is 18.0 Å². The normalized spacial score (nSPS) is 20.9. The van der Waals surface area contributed by atoms with E-state index in [2.05, 4.69) is 26.2 Å². The van der Waals surface area contributed by atoms with Crippen molar-refractivity contribution in [3.05, 3.63) is 88.7 Å². The quantitative estimate of drug-likeness (QED) is 0.0884. The minimum Gasteiger partial charge on any atom is -0.504 e. The van der Waals surface area contributed by atoms with E-state index in [4.69, 9.17) is 5.39 Å². The van der Waals surface area contributed by atoms with E-state index in [1.807, 2.05) is 72.4 Å². The Hall–Kier alpha value is -3.69. The van der Waals surface area contributed by atoms with Crippen LogP contribution in [0.25, 0.3) is 4.98 Å². The Balaban J connectivity index is 1.31. The van der Waals surface area contributed by atoms with E-state index >= 15 is 0 Å². The Morgan fingerprint density at radius 2 is 1.76 bits per heavy atom. The summed E-state index contributed by atoms with van der Waals surface area (Å²) in [6, 6.07) is 17.8.